The summed E-state index contributed by atoms with van der Waals surface area (Å²) >= 11 is 4.78. The molecule has 10 heteroatoms. The molecule has 1 heterocycles. The minimum Gasteiger partial charge on any atom is -0.298 e. The van der Waals surface area contributed by atoms with Gasteiger partial charge in [0.15, 0.2) is 5.13 Å². The number of hydrogen-bond acceptors (Lipinski definition) is 5. The van der Waals surface area contributed by atoms with Crippen LogP contribution < -0.4 is 10.0 Å². The van der Waals surface area contributed by atoms with Crippen LogP contribution in [0.5, 0.6) is 0 Å². The maximum atomic E-state index is 13.0. The minimum absolute atomic E-state index is 0.0623. The van der Waals surface area contributed by atoms with Crippen LogP contribution in [0.3, 0.4) is 0 Å². The van der Waals surface area contributed by atoms with E-state index in [9.17, 15) is 17.6 Å². The lowest BCUT2D eigenvalue weighted by molar-refractivity contribution is 0.102. The van der Waals surface area contributed by atoms with Crippen LogP contribution in [0.2, 0.25) is 0 Å². The second-order valence-electron chi connectivity index (χ2n) is 6.20. The summed E-state index contributed by atoms with van der Waals surface area (Å²) in [6.45, 7) is 0. The van der Waals surface area contributed by atoms with Crippen LogP contribution in [0.4, 0.5) is 15.2 Å². The van der Waals surface area contributed by atoms with Gasteiger partial charge in [-0.3, -0.25) is 14.8 Å². The number of carbonyl (C=O) groups is 1. The number of anilines is 2. The quantitative estimate of drug-likeness (QED) is 0.387. The van der Waals surface area contributed by atoms with Crippen LogP contribution in [0.25, 0.3) is 10.2 Å². The van der Waals surface area contributed by atoms with Crippen molar-refractivity contribution in [3.05, 3.63) is 82.6 Å². The van der Waals surface area contributed by atoms with Gasteiger partial charge >= 0.3 is 0 Å². The number of halogens is 2. The van der Waals surface area contributed by atoms with Crippen LogP contribution >= 0.6 is 27.3 Å². The molecule has 0 saturated carbocycles. The standard InChI is InChI=1S/C20H13BrFN3O3S2/c21-16-2-1-3-17-18(16)23-20(29-17)24-19(26)12-4-8-14(9-5-12)25-30(27,28)15-10-6-13(22)7-11-15/h1-11,25H,(H,23,24,26). The molecular formula is C20H13BrFN3O3S2. The fourth-order valence-corrected chi connectivity index (χ4v) is 5.19. The van der Waals surface area contributed by atoms with Gasteiger partial charge in [-0.25, -0.2) is 17.8 Å². The molecule has 30 heavy (non-hydrogen) atoms. The number of hydrogen-bond donors (Lipinski definition) is 2. The molecule has 6 nitrogen and oxygen atoms in total. The number of nitrogens with one attached hydrogen (secondary N) is 2. The lowest BCUT2D eigenvalue weighted by Gasteiger charge is -2.09. The second-order valence-corrected chi connectivity index (χ2v) is 9.76. The smallest absolute Gasteiger partial charge is 0.261 e. The molecule has 152 valence electrons. The molecule has 0 saturated heterocycles. The molecule has 3 aromatic carbocycles. The van der Waals surface area contributed by atoms with Gasteiger partial charge in [0.05, 0.1) is 15.1 Å². The Morgan fingerprint density at radius 2 is 1.70 bits per heavy atom. The highest BCUT2D eigenvalue weighted by molar-refractivity contribution is 9.10. The molecule has 4 rings (SSSR count). The number of benzene rings is 3. The maximum absolute atomic E-state index is 13.0. The number of para-hydroxylation sites is 1. The largest absolute Gasteiger partial charge is 0.298 e. The summed E-state index contributed by atoms with van der Waals surface area (Å²) < 4.78 is 41.9. The molecule has 0 unspecified atom stereocenters. The molecule has 0 fully saturated rings. The average molecular weight is 506 g/mol. The van der Waals surface area contributed by atoms with E-state index >= 15 is 0 Å². The summed E-state index contributed by atoms with van der Waals surface area (Å²) in [4.78, 5) is 16.8. The number of amides is 1. The Morgan fingerprint density at radius 1 is 1.00 bits per heavy atom. The number of rotatable bonds is 5. The molecule has 2 N–H and O–H groups in total. The zero-order chi connectivity index (χ0) is 21.3. The molecule has 0 aliphatic heterocycles. The predicted molar refractivity (Wildman–Crippen MR) is 119 cm³/mol. The van der Waals surface area contributed by atoms with E-state index in [0.717, 1.165) is 26.8 Å². The molecule has 0 aliphatic carbocycles. The first-order valence-electron chi connectivity index (χ1n) is 8.57. The van der Waals surface area contributed by atoms with Gasteiger partial charge in [-0.05, 0) is 76.6 Å². The minimum atomic E-state index is -3.86. The van der Waals surface area contributed by atoms with E-state index in [1.54, 1.807) is 0 Å². The molecule has 0 radical (unpaired) electrons. The van der Waals surface area contributed by atoms with Crippen LogP contribution in [-0.2, 0) is 10.0 Å². The van der Waals surface area contributed by atoms with Crippen molar-refractivity contribution in [1.29, 1.82) is 0 Å². The maximum Gasteiger partial charge on any atom is 0.261 e. The van der Waals surface area contributed by atoms with Crippen molar-refractivity contribution >= 4 is 64.2 Å². The lowest BCUT2D eigenvalue weighted by Crippen LogP contribution is -2.14. The van der Waals surface area contributed by atoms with E-state index in [-0.39, 0.29) is 16.5 Å². The van der Waals surface area contributed by atoms with Gasteiger partial charge < -0.3 is 0 Å². The molecule has 1 amide bonds. The predicted octanol–water partition coefficient (Wildman–Crippen LogP) is 5.25. The van der Waals surface area contributed by atoms with Crippen molar-refractivity contribution in [3.63, 3.8) is 0 Å². The van der Waals surface area contributed by atoms with E-state index in [1.807, 2.05) is 18.2 Å². The molecule has 0 spiro atoms. The Morgan fingerprint density at radius 3 is 2.37 bits per heavy atom. The van der Waals surface area contributed by atoms with E-state index < -0.39 is 15.8 Å². The van der Waals surface area contributed by atoms with E-state index in [1.165, 1.54) is 47.7 Å². The summed E-state index contributed by atoms with van der Waals surface area (Å²) in [6, 6.07) is 16.1. The normalized spacial score (nSPS) is 11.4. The average Bonchev–Trinajstić information content (AvgIpc) is 3.12. The first-order valence-corrected chi connectivity index (χ1v) is 11.7. The van der Waals surface area contributed by atoms with E-state index in [2.05, 4.69) is 31.0 Å². The summed E-state index contributed by atoms with van der Waals surface area (Å²) in [6.07, 6.45) is 0. The summed E-state index contributed by atoms with van der Waals surface area (Å²) in [5.74, 6) is -0.886. The van der Waals surface area contributed by atoms with Crippen molar-refractivity contribution in [3.8, 4) is 0 Å². The van der Waals surface area contributed by atoms with Gasteiger partial charge in [-0.2, -0.15) is 0 Å². The van der Waals surface area contributed by atoms with E-state index in [0.29, 0.717) is 10.7 Å². The Labute approximate surface area is 184 Å². The highest BCUT2D eigenvalue weighted by atomic mass is 79.9. The molecule has 0 bridgehead atoms. The highest BCUT2D eigenvalue weighted by Gasteiger charge is 2.15. The summed E-state index contributed by atoms with van der Waals surface area (Å²) in [5, 5.41) is 3.21. The summed E-state index contributed by atoms with van der Waals surface area (Å²) in [5.41, 5.74) is 1.39. The Hall–Kier alpha value is -2.82. The van der Waals surface area contributed by atoms with Gasteiger partial charge in [0.25, 0.3) is 15.9 Å². The van der Waals surface area contributed by atoms with E-state index in [4.69, 9.17) is 0 Å². The van der Waals surface area contributed by atoms with Crippen molar-refractivity contribution in [2.45, 2.75) is 4.90 Å². The molecule has 1 aromatic heterocycles. The Balaban J connectivity index is 1.47. The molecular weight excluding hydrogens is 493 g/mol. The SMILES string of the molecule is O=C(Nc1nc2c(Br)cccc2s1)c1ccc(NS(=O)(=O)c2ccc(F)cc2)cc1. The molecule has 4 aromatic rings. The third-order valence-corrected chi connectivity index (χ3v) is 7.09. The third-order valence-electron chi connectivity index (χ3n) is 4.11. The first-order chi connectivity index (χ1) is 14.3. The number of sulfonamides is 1. The molecule has 0 atom stereocenters. The second kappa shape index (κ2) is 8.13. The first kappa shape index (κ1) is 20.5. The topological polar surface area (TPSA) is 88.2 Å². The van der Waals surface area contributed by atoms with Gasteiger partial charge in [-0.1, -0.05) is 17.4 Å². The van der Waals surface area contributed by atoms with Crippen LogP contribution in [0.1, 0.15) is 10.4 Å². The van der Waals surface area contributed by atoms with Crippen molar-refractivity contribution in [2.75, 3.05) is 10.0 Å². The van der Waals surface area contributed by atoms with Crippen molar-refractivity contribution < 1.29 is 17.6 Å². The van der Waals surface area contributed by atoms with Gasteiger partial charge in [0.1, 0.15) is 5.82 Å². The van der Waals surface area contributed by atoms with Crippen LogP contribution in [-0.4, -0.2) is 19.3 Å². The third kappa shape index (κ3) is 4.35. The number of aromatic nitrogens is 1. The van der Waals surface area contributed by atoms with Crippen molar-refractivity contribution in [1.82, 2.24) is 4.98 Å². The van der Waals surface area contributed by atoms with Gasteiger partial charge in [-0.15, -0.1) is 0 Å². The Kier molecular flexibility index (Phi) is 5.54. The Bertz CT molecular complexity index is 1340. The fraction of sp³-hybridized carbons (Fsp3) is 0. The zero-order valence-electron chi connectivity index (χ0n) is 15.1. The molecule has 0 aliphatic rings. The van der Waals surface area contributed by atoms with Gasteiger partial charge in [0.2, 0.25) is 0 Å². The zero-order valence-corrected chi connectivity index (χ0v) is 18.3. The number of thiazole rings is 1. The highest BCUT2D eigenvalue weighted by Crippen LogP contribution is 2.31. The fourth-order valence-electron chi connectivity index (χ4n) is 2.66. The summed E-state index contributed by atoms with van der Waals surface area (Å²) in [7, 11) is -3.86. The lowest BCUT2D eigenvalue weighted by atomic mass is 10.2. The number of fused-ring (bicyclic) bond motifs is 1. The van der Waals surface area contributed by atoms with Crippen LogP contribution in [0, 0.1) is 5.82 Å². The van der Waals surface area contributed by atoms with Gasteiger partial charge in [0, 0.05) is 15.7 Å². The number of nitrogens with zero attached hydrogens (tertiary/aromatic N) is 1. The van der Waals surface area contributed by atoms with Crippen LogP contribution in [0.15, 0.2) is 76.1 Å². The van der Waals surface area contributed by atoms with Crippen molar-refractivity contribution in [2.24, 2.45) is 0 Å². The number of carbonyl (C=O) groups excluding carboxylic acids is 1. The monoisotopic (exact) mass is 505 g/mol.